The van der Waals surface area contributed by atoms with Crippen molar-refractivity contribution in [3.63, 3.8) is 0 Å². The van der Waals surface area contributed by atoms with Gasteiger partial charge in [-0.2, -0.15) is 0 Å². The number of nitrogens with zero attached hydrogens (tertiary/aromatic N) is 1. The summed E-state index contributed by atoms with van der Waals surface area (Å²) in [5.74, 6) is 0.731. The van der Waals surface area contributed by atoms with E-state index in [1.54, 1.807) is 6.20 Å². The SMILES string of the molecule is CCC(=C\C=C(/C)CN(C)Cc1cccc(OC2CCCCC2)c1C=O)/C(C)=C/N. The molecule has 2 rings (SSSR count). The number of aldehydes is 1. The average molecular weight is 411 g/mol. The summed E-state index contributed by atoms with van der Waals surface area (Å²) in [6.07, 6.45) is 14.0. The number of rotatable bonds is 10. The van der Waals surface area contributed by atoms with Gasteiger partial charge in [-0.15, -0.1) is 0 Å². The smallest absolute Gasteiger partial charge is 0.154 e. The van der Waals surface area contributed by atoms with Crippen molar-refractivity contribution in [2.75, 3.05) is 13.6 Å². The van der Waals surface area contributed by atoms with E-state index in [1.807, 2.05) is 25.1 Å². The number of carbonyl (C=O) groups is 1. The number of hydrogen-bond acceptors (Lipinski definition) is 4. The third-order valence-corrected chi connectivity index (χ3v) is 5.79. The van der Waals surface area contributed by atoms with Crippen LogP contribution in [0.2, 0.25) is 0 Å². The quantitative estimate of drug-likeness (QED) is 0.392. The number of nitrogens with two attached hydrogens (primary N) is 1. The zero-order valence-corrected chi connectivity index (χ0v) is 19.1. The number of hydrogen-bond donors (Lipinski definition) is 1. The van der Waals surface area contributed by atoms with Crippen molar-refractivity contribution in [1.29, 1.82) is 0 Å². The molecule has 0 heterocycles. The molecule has 0 amide bonds. The van der Waals surface area contributed by atoms with Crippen LogP contribution >= 0.6 is 0 Å². The third kappa shape index (κ3) is 7.17. The van der Waals surface area contributed by atoms with E-state index in [-0.39, 0.29) is 6.10 Å². The maximum atomic E-state index is 11.9. The fourth-order valence-corrected chi connectivity index (χ4v) is 4.03. The Morgan fingerprint density at radius 1 is 1.20 bits per heavy atom. The maximum Gasteiger partial charge on any atom is 0.154 e. The van der Waals surface area contributed by atoms with Crippen LogP contribution in [0.5, 0.6) is 5.75 Å². The molecular weight excluding hydrogens is 372 g/mol. The molecule has 1 fully saturated rings. The molecule has 1 saturated carbocycles. The van der Waals surface area contributed by atoms with Gasteiger partial charge in [0.25, 0.3) is 0 Å². The Kier molecular flexibility index (Phi) is 9.88. The number of likely N-dealkylation sites (N-methyl/N-ethyl adjacent to an activating group) is 1. The first-order valence-electron chi connectivity index (χ1n) is 11.2. The Balaban J connectivity index is 2.06. The van der Waals surface area contributed by atoms with Gasteiger partial charge in [0.05, 0.1) is 11.7 Å². The Hall–Kier alpha value is -2.33. The summed E-state index contributed by atoms with van der Waals surface area (Å²) in [6, 6.07) is 5.95. The minimum absolute atomic E-state index is 0.237. The molecule has 2 N–H and O–H groups in total. The first-order chi connectivity index (χ1) is 14.5. The molecule has 164 valence electrons. The van der Waals surface area contributed by atoms with Crippen molar-refractivity contribution in [1.82, 2.24) is 4.90 Å². The second kappa shape index (κ2) is 12.4. The van der Waals surface area contributed by atoms with Gasteiger partial charge in [-0.1, -0.05) is 43.2 Å². The van der Waals surface area contributed by atoms with E-state index in [0.29, 0.717) is 12.1 Å². The van der Waals surface area contributed by atoms with Crippen molar-refractivity contribution in [3.05, 3.63) is 64.4 Å². The lowest BCUT2D eigenvalue weighted by atomic mass is 9.97. The van der Waals surface area contributed by atoms with Gasteiger partial charge in [0, 0.05) is 13.1 Å². The largest absolute Gasteiger partial charge is 0.490 e. The van der Waals surface area contributed by atoms with Gasteiger partial charge in [-0.3, -0.25) is 9.69 Å². The van der Waals surface area contributed by atoms with Crippen molar-refractivity contribution in [3.8, 4) is 5.75 Å². The van der Waals surface area contributed by atoms with Crippen molar-refractivity contribution in [2.24, 2.45) is 5.73 Å². The van der Waals surface area contributed by atoms with E-state index in [9.17, 15) is 4.79 Å². The van der Waals surface area contributed by atoms with Gasteiger partial charge in [0.15, 0.2) is 6.29 Å². The summed E-state index contributed by atoms with van der Waals surface area (Å²) >= 11 is 0. The Bertz CT molecular complexity index is 786. The normalized spacial score (nSPS) is 16.8. The molecule has 0 radical (unpaired) electrons. The van der Waals surface area contributed by atoms with Gasteiger partial charge >= 0.3 is 0 Å². The molecule has 4 nitrogen and oxygen atoms in total. The molecule has 4 heteroatoms. The zero-order chi connectivity index (χ0) is 21.9. The van der Waals surface area contributed by atoms with Crippen molar-refractivity contribution in [2.45, 2.75) is 71.9 Å². The van der Waals surface area contributed by atoms with E-state index in [1.165, 1.54) is 30.4 Å². The standard InChI is InChI=1S/C26H38N2O2/c1-5-22(21(3)16-27)15-14-20(2)17-28(4)18-23-10-9-13-26(25(23)19-29)30-24-11-7-6-8-12-24/h9-10,13-16,19,24H,5-8,11-12,17-18,27H2,1-4H3/b20-14+,21-16+,22-15+. The lowest BCUT2D eigenvalue weighted by molar-refractivity contribution is 0.110. The summed E-state index contributed by atoms with van der Waals surface area (Å²) in [4.78, 5) is 14.1. The number of allylic oxidation sites excluding steroid dienone is 4. The molecule has 0 saturated heterocycles. The van der Waals surface area contributed by atoms with Crippen LogP contribution in [-0.2, 0) is 6.54 Å². The Morgan fingerprint density at radius 3 is 2.57 bits per heavy atom. The molecule has 1 aliphatic carbocycles. The highest BCUT2D eigenvalue weighted by molar-refractivity contribution is 5.81. The van der Waals surface area contributed by atoms with Gasteiger partial charge in [-0.25, -0.2) is 0 Å². The van der Waals surface area contributed by atoms with Crippen LogP contribution in [0.3, 0.4) is 0 Å². The van der Waals surface area contributed by atoms with Crippen LogP contribution in [0, 0.1) is 0 Å². The highest BCUT2D eigenvalue weighted by atomic mass is 16.5. The highest BCUT2D eigenvalue weighted by Crippen LogP contribution is 2.27. The summed E-state index contributed by atoms with van der Waals surface area (Å²) in [5.41, 5.74) is 11.0. The topological polar surface area (TPSA) is 55.6 Å². The lowest BCUT2D eigenvalue weighted by Gasteiger charge is -2.25. The maximum absolute atomic E-state index is 11.9. The predicted octanol–water partition coefficient (Wildman–Crippen LogP) is 5.79. The number of carbonyl (C=O) groups excluding carboxylic acids is 1. The minimum atomic E-state index is 0.237. The monoisotopic (exact) mass is 410 g/mol. The van der Waals surface area contributed by atoms with Gasteiger partial charge in [-0.05, 0) is 82.0 Å². The summed E-state index contributed by atoms with van der Waals surface area (Å²) in [5, 5.41) is 0. The van der Waals surface area contributed by atoms with E-state index in [0.717, 1.165) is 49.0 Å². The molecule has 1 aromatic rings. The predicted molar refractivity (Wildman–Crippen MR) is 126 cm³/mol. The molecule has 1 aliphatic rings. The zero-order valence-electron chi connectivity index (χ0n) is 19.1. The minimum Gasteiger partial charge on any atom is -0.490 e. The van der Waals surface area contributed by atoms with Gasteiger partial charge < -0.3 is 10.5 Å². The van der Waals surface area contributed by atoms with E-state index in [4.69, 9.17) is 10.5 Å². The second-order valence-electron chi connectivity index (χ2n) is 8.41. The van der Waals surface area contributed by atoms with Crippen LogP contribution in [-0.4, -0.2) is 30.9 Å². The molecule has 0 bridgehead atoms. The number of ether oxygens (including phenoxy) is 1. The molecule has 1 aromatic carbocycles. The van der Waals surface area contributed by atoms with Gasteiger partial charge in [0.2, 0.25) is 0 Å². The number of benzene rings is 1. The van der Waals surface area contributed by atoms with Crippen LogP contribution in [0.1, 0.15) is 75.2 Å². The van der Waals surface area contributed by atoms with Crippen molar-refractivity contribution >= 4 is 6.29 Å². The lowest BCUT2D eigenvalue weighted by Crippen LogP contribution is -2.22. The average Bonchev–Trinajstić information content (AvgIpc) is 2.74. The van der Waals surface area contributed by atoms with Crippen LogP contribution in [0.25, 0.3) is 0 Å². The van der Waals surface area contributed by atoms with E-state index < -0.39 is 0 Å². The van der Waals surface area contributed by atoms with Crippen molar-refractivity contribution < 1.29 is 9.53 Å². The molecule has 0 atom stereocenters. The first kappa shape index (κ1) is 23.9. The molecule has 0 spiro atoms. The molecular formula is C26H38N2O2. The third-order valence-electron chi connectivity index (χ3n) is 5.79. The summed E-state index contributed by atoms with van der Waals surface area (Å²) in [6.45, 7) is 7.83. The summed E-state index contributed by atoms with van der Waals surface area (Å²) < 4.78 is 6.21. The van der Waals surface area contributed by atoms with Crippen LogP contribution in [0.4, 0.5) is 0 Å². The Morgan fingerprint density at radius 2 is 1.93 bits per heavy atom. The van der Waals surface area contributed by atoms with Crippen LogP contribution in [0.15, 0.2) is 53.3 Å². The fraction of sp³-hybridized carbons (Fsp3) is 0.500. The van der Waals surface area contributed by atoms with E-state index >= 15 is 0 Å². The molecule has 0 unspecified atom stereocenters. The fourth-order valence-electron chi connectivity index (χ4n) is 4.03. The molecule has 0 aromatic heterocycles. The van der Waals surface area contributed by atoms with E-state index in [2.05, 4.69) is 37.9 Å². The summed E-state index contributed by atoms with van der Waals surface area (Å²) in [7, 11) is 2.08. The van der Waals surface area contributed by atoms with Gasteiger partial charge in [0.1, 0.15) is 5.75 Å². The highest BCUT2D eigenvalue weighted by Gasteiger charge is 2.18. The molecule has 0 aliphatic heterocycles. The molecule has 30 heavy (non-hydrogen) atoms. The first-order valence-corrected chi connectivity index (χ1v) is 11.2. The Labute approximate surface area is 182 Å². The second-order valence-corrected chi connectivity index (χ2v) is 8.41. The van der Waals surface area contributed by atoms with Crippen LogP contribution < -0.4 is 10.5 Å².